The first kappa shape index (κ1) is 30.1. The van der Waals surface area contributed by atoms with Crippen molar-refractivity contribution < 1.29 is 17.3 Å². The van der Waals surface area contributed by atoms with E-state index < -0.39 is 16.0 Å². The van der Waals surface area contributed by atoms with E-state index in [9.17, 15) is 13.7 Å². The normalized spacial score (nSPS) is 12.2. The molecule has 0 fully saturated rings. The highest BCUT2D eigenvalue weighted by atomic mass is 32.2. The Labute approximate surface area is 256 Å². The molecule has 9 heteroatoms. The quantitative estimate of drug-likeness (QED) is 0.0898. The highest BCUT2D eigenvalue weighted by molar-refractivity contribution is 7.98. The largest absolute Gasteiger partial charge is 0.497 e. The number of aromatic nitrogens is 2. The van der Waals surface area contributed by atoms with Gasteiger partial charge in [-0.15, -0.1) is 0 Å². The van der Waals surface area contributed by atoms with Crippen molar-refractivity contribution >= 4 is 32.7 Å². The standard InChI is InChI=1S/C34H31N3O4S2/c1-22(2)31-32(30(20-35)29-11-7-9-25-8-5-6-10-28(25)29)36-34(42-21-24-14-16-26(40-4)17-15-24)37-33(31)41-43(38,39)27-18-12-23(3)13-19-27/h5-19,22,30H,21H2,1-4H3. The van der Waals surface area contributed by atoms with E-state index in [0.717, 1.165) is 33.2 Å². The summed E-state index contributed by atoms with van der Waals surface area (Å²) < 4.78 is 38.0. The number of rotatable bonds is 10. The predicted molar refractivity (Wildman–Crippen MR) is 169 cm³/mol. The molecule has 43 heavy (non-hydrogen) atoms. The Morgan fingerprint density at radius 1 is 0.907 bits per heavy atom. The molecule has 5 aromatic rings. The molecule has 1 unspecified atom stereocenters. The van der Waals surface area contributed by atoms with Crippen LogP contribution in [0.3, 0.4) is 0 Å². The third-order valence-electron chi connectivity index (χ3n) is 7.06. The minimum atomic E-state index is -4.22. The van der Waals surface area contributed by atoms with Gasteiger partial charge in [0.25, 0.3) is 0 Å². The maximum Gasteiger partial charge on any atom is 0.340 e. The monoisotopic (exact) mass is 609 g/mol. The van der Waals surface area contributed by atoms with Gasteiger partial charge in [-0.3, -0.25) is 0 Å². The van der Waals surface area contributed by atoms with Crippen molar-refractivity contribution in [2.45, 2.75) is 48.4 Å². The number of nitriles is 1. The highest BCUT2D eigenvalue weighted by Crippen LogP contribution is 2.39. The lowest BCUT2D eigenvalue weighted by Crippen LogP contribution is -2.17. The van der Waals surface area contributed by atoms with Crippen LogP contribution in [0.15, 0.2) is 101 Å². The van der Waals surface area contributed by atoms with Gasteiger partial charge in [-0.25, -0.2) is 4.98 Å². The van der Waals surface area contributed by atoms with E-state index in [-0.39, 0.29) is 16.7 Å². The van der Waals surface area contributed by atoms with Crippen molar-refractivity contribution in [2.24, 2.45) is 0 Å². The van der Waals surface area contributed by atoms with E-state index in [4.69, 9.17) is 13.9 Å². The smallest absolute Gasteiger partial charge is 0.340 e. The van der Waals surface area contributed by atoms with Crippen molar-refractivity contribution in [3.63, 3.8) is 0 Å². The molecule has 0 aliphatic carbocycles. The number of fused-ring (bicyclic) bond motifs is 1. The Hall–Kier alpha value is -4.39. The van der Waals surface area contributed by atoms with Gasteiger partial charge >= 0.3 is 10.1 Å². The van der Waals surface area contributed by atoms with Crippen LogP contribution >= 0.6 is 11.8 Å². The Morgan fingerprint density at radius 3 is 2.28 bits per heavy atom. The van der Waals surface area contributed by atoms with Gasteiger partial charge in [0, 0.05) is 11.3 Å². The van der Waals surface area contributed by atoms with E-state index in [1.807, 2.05) is 87.5 Å². The fraction of sp³-hybridized carbons (Fsp3) is 0.206. The molecule has 0 saturated heterocycles. The number of hydrogen-bond acceptors (Lipinski definition) is 8. The van der Waals surface area contributed by atoms with E-state index in [0.29, 0.717) is 22.2 Å². The van der Waals surface area contributed by atoms with Gasteiger partial charge in [0.1, 0.15) is 16.6 Å². The van der Waals surface area contributed by atoms with Gasteiger partial charge in [0.2, 0.25) is 5.88 Å². The molecule has 218 valence electrons. The van der Waals surface area contributed by atoms with Crippen molar-refractivity contribution in [2.75, 3.05) is 7.11 Å². The number of nitrogens with zero attached hydrogens (tertiary/aromatic N) is 3. The fourth-order valence-electron chi connectivity index (χ4n) is 4.84. The predicted octanol–water partition coefficient (Wildman–Crippen LogP) is 7.79. The molecule has 1 atom stereocenters. The maximum absolute atomic E-state index is 13.5. The SMILES string of the molecule is COc1ccc(CSc2nc(OS(=O)(=O)c3ccc(C)cc3)c(C(C)C)c(C(C#N)c3cccc4ccccc34)n2)cc1. The summed E-state index contributed by atoms with van der Waals surface area (Å²) in [6.45, 7) is 5.71. The molecule has 0 aliphatic heterocycles. The third-order valence-corrected chi connectivity index (χ3v) is 9.20. The van der Waals surface area contributed by atoms with Gasteiger partial charge in [0.15, 0.2) is 5.16 Å². The number of methoxy groups -OCH3 is 1. The van der Waals surface area contributed by atoms with Crippen molar-refractivity contribution in [3.05, 3.63) is 119 Å². The van der Waals surface area contributed by atoms with Crippen LogP contribution in [0.4, 0.5) is 0 Å². The summed E-state index contributed by atoms with van der Waals surface area (Å²) in [4.78, 5) is 9.54. The first-order chi connectivity index (χ1) is 20.7. The van der Waals surface area contributed by atoms with Crippen LogP contribution in [0.25, 0.3) is 10.8 Å². The molecule has 7 nitrogen and oxygen atoms in total. The lowest BCUT2D eigenvalue weighted by atomic mass is 9.87. The Balaban J connectivity index is 1.65. The molecule has 0 amide bonds. The van der Waals surface area contributed by atoms with Crippen LogP contribution in [0.1, 0.15) is 53.6 Å². The Bertz CT molecular complexity index is 1890. The van der Waals surface area contributed by atoms with E-state index in [1.54, 1.807) is 19.2 Å². The number of aryl methyl sites for hydroxylation is 1. The summed E-state index contributed by atoms with van der Waals surface area (Å²) in [5.41, 5.74) is 3.61. The van der Waals surface area contributed by atoms with Crippen LogP contribution in [-0.4, -0.2) is 25.5 Å². The minimum absolute atomic E-state index is 0.0197. The molecule has 0 bridgehead atoms. The third kappa shape index (κ3) is 6.66. The lowest BCUT2D eigenvalue weighted by molar-refractivity contribution is 0.414. The number of ether oxygens (including phenoxy) is 1. The first-order valence-corrected chi connectivity index (χ1v) is 16.2. The zero-order valence-electron chi connectivity index (χ0n) is 24.3. The second kappa shape index (κ2) is 12.9. The summed E-state index contributed by atoms with van der Waals surface area (Å²) in [5.74, 6) is 0.150. The Kier molecular flexibility index (Phi) is 9.00. The van der Waals surface area contributed by atoms with Crippen LogP contribution < -0.4 is 8.92 Å². The summed E-state index contributed by atoms with van der Waals surface area (Å²) in [7, 11) is -2.61. The second-order valence-electron chi connectivity index (χ2n) is 10.4. The van der Waals surface area contributed by atoms with Gasteiger partial charge in [-0.1, -0.05) is 97.9 Å². The zero-order valence-corrected chi connectivity index (χ0v) is 25.9. The van der Waals surface area contributed by atoms with Crippen molar-refractivity contribution in [3.8, 4) is 17.7 Å². The van der Waals surface area contributed by atoms with Crippen molar-refractivity contribution in [1.82, 2.24) is 9.97 Å². The second-order valence-corrected chi connectivity index (χ2v) is 12.9. The molecule has 1 heterocycles. The average molecular weight is 610 g/mol. The van der Waals surface area contributed by atoms with E-state index in [1.165, 1.54) is 23.9 Å². The lowest BCUT2D eigenvalue weighted by Gasteiger charge is -2.21. The fourth-order valence-corrected chi connectivity index (χ4v) is 6.54. The van der Waals surface area contributed by atoms with E-state index in [2.05, 4.69) is 11.1 Å². The first-order valence-electron chi connectivity index (χ1n) is 13.8. The van der Waals surface area contributed by atoms with Gasteiger partial charge in [-0.2, -0.15) is 18.7 Å². The van der Waals surface area contributed by atoms with Crippen LogP contribution in [0.2, 0.25) is 0 Å². The van der Waals surface area contributed by atoms with Gasteiger partial charge < -0.3 is 8.92 Å². The molecule has 0 radical (unpaired) electrons. The summed E-state index contributed by atoms with van der Waals surface area (Å²) in [6, 6.07) is 30.2. The molecule has 0 saturated carbocycles. The summed E-state index contributed by atoms with van der Waals surface area (Å²) >= 11 is 1.34. The maximum atomic E-state index is 13.5. The molecule has 4 aromatic carbocycles. The average Bonchev–Trinajstić information content (AvgIpc) is 3.00. The van der Waals surface area contributed by atoms with E-state index >= 15 is 0 Å². The van der Waals surface area contributed by atoms with Crippen molar-refractivity contribution in [1.29, 1.82) is 5.26 Å². The van der Waals surface area contributed by atoms with Crippen LogP contribution in [-0.2, 0) is 15.9 Å². The summed E-state index contributed by atoms with van der Waals surface area (Å²) in [5, 5.41) is 12.8. The summed E-state index contributed by atoms with van der Waals surface area (Å²) in [6.07, 6.45) is 0. The molecule has 0 spiro atoms. The Morgan fingerprint density at radius 2 is 1.60 bits per heavy atom. The van der Waals surface area contributed by atoms with Crippen LogP contribution in [0, 0.1) is 18.3 Å². The number of thioether (sulfide) groups is 1. The topological polar surface area (TPSA) is 102 Å². The number of hydrogen-bond donors (Lipinski definition) is 0. The molecular weight excluding hydrogens is 579 g/mol. The molecular formula is C34H31N3O4S2. The highest BCUT2D eigenvalue weighted by Gasteiger charge is 2.30. The zero-order chi connectivity index (χ0) is 30.6. The molecule has 5 rings (SSSR count). The van der Waals surface area contributed by atoms with Crippen LogP contribution in [0.5, 0.6) is 11.6 Å². The minimum Gasteiger partial charge on any atom is -0.497 e. The molecule has 0 N–H and O–H groups in total. The van der Waals surface area contributed by atoms with Gasteiger partial charge in [0.05, 0.1) is 18.9 Å². The number of benzene rings is 4. The molecule has 1 aromatic heterocycles. The molecule has 0 aliphatic rings. The van der Waals surface area contributed by atoms with Gasteiger partial charge in [-0.05, 0) is 59.0 Å².